The van der Waals surface area contributed by atoms with E-state index in [1.165, 1.54) is 22.7 Å². The average molecular weight is 393 g/mol. The summed E-state index contributed by atoms with van der Waals surface area (Å²) in [6.45, 7) is 4.42. The predicted molar refractivity (Wildman–Crippen MR) is 115 cm³/mol. The molecule has 0 atom stereocenters. The number of carbonyl (C=O) groups is 1. The van der Waals surface area contributed by atoms with Gasteiger partial charge in [0.25, 0.3) is 5.91 Å². The molecule has 0 bridgehead atoms. The fourth-order valence-corrected chi connectivity index (χ4v) is 3.54. The van der Waals surface area contributed by atoms with E-state index < -0.39 is 5.91 Å². The first-order valence-electron chi connectivity index (χ1n) is 9.71. The normalized spacial score (nSPS) is 11.6. The molecule has 1 amide bonds. The van der Waals surface area contributed by atoms with Gasteiger partial charge in [-0.2, -0.15) is 0 Å². The first-order chi connectivity index (χ1) is 14.1. The van der Waals surface area contributed by atoms with Gasteiger partial charge in [0.05, 0.1) is 6.61 Å². The van der Waals surface area contributed by atoms with E-state index in [0.29, 0.717) is 6.54 Å². The lowest BCUT2D eigenvalue weighted by atomic mass is 10.1. The smallest absolute Gasteiger partial charge is 0.267 e. The second kappa shape index (κ2) is 10.0. The van der Waals surface area contributed by atoms with Crippen LogP contribution in [0.15, 0.2) is 54.6 Å². The Bertz CT molecular complexity index is 977. The van der Waals surface area contributed by atoms with Crippen molar-refractivity contribution in [1.82, 2.24) is 15.4 Å². The highest BCUT2D eigenvalue weighted by Crippen LogP contribution is 2.22. The number of nitrogens with zero attached hydrogens (tertiary/aromatic N) is 1. The topological polar surface area (TPSA) is 88.6 Å². The van der Waals surface area contributed by atoms with Crippen LogP contribution in [-0.2, 0) is 17.8 Å². The summed E-state index contributed by atoms with van der Waals surface area (Å²) < 4.78 is 0. The van der Waals surface area contributed by atoms with Gasteiger partial charge in [-0.05, 0) is 42.2 Å². The lowest BCUT2D eigenvalue weighted by Gasteiger charge is -2.21. The van der Waals surface area contributed by atoms with E-state index in [4.69, 9.17) is 5.21 Å². The Balaban J connectivity index is 1.64. The van der Waals surface area contributed by atoms with Crippen molar-refractivity contribution in [2.75, 3.05) is 19.7 Å². The molecule has 0 radical (unpaired) electrons. The number of hydrogen-bond donors (Lipinski definition) is 4. The number of aromatic nitrogens is 1. The minimum absolute atomic E-state index is 0.115. The molecule has 3 rings (SSSR count). The predicted octanol–water partition coefficient (Wildman–Crippen LogP) is 3.03. The maximum atomic E-state index is 11.1. The monoisotopic (exact) mass is 393 g/mol. The molecule has 0 fully saturated rings. The van der Waals surface area contributed by atoms with Gasteiger partial charge in [-0.1, -0.05) is 42.5 Å². The van der Waals surface area contributed by atoms with Crippen LogP contribution >= 0.6 is 0 Å². The molecule has 1 heterocycles. The van der Waals surface area contributed by atoms with Crippen molar-refractivity contribution in [1.29, 1.82) is 0 Å². The number of rotatable bonds is 9. The van der Waals surface area contributed by atoms with Gasteiger partial charge in [-0.15, -0.1) is 0 Å². The van der Waals surface area contributed by atoms with Crippen LogP contribution in [-0.4, -0.2) is 45.8 Å². The van der Waals surface area contributed by atoms with Crippen molar-refractivity contribution >= 4 is 22.9 Å². The molecular formula is C23H27N3O3. The lowest BCUT2D eigenvalue weighted by molar-refractivity contribution is -0.124. The number of hydrogen-bond acceptors (Lipinski definition) is 4. The molecule has 0 unspecified atom stereocenters. The molecule has 4 N–H and O–H groups in total. The summed E-state index contributed by atoms with van der Waals surface area (Å²) in [5.41, 5.74) is 7.26. The molecule has 0 spiro atoms. The minimum atomic E-state index is -0.559. The van der Waals surface area contributed by atoms with Gasteiger partial charge in [-0.25, -0.2) is 5.48 Å². The molecule has 0 saturated carbocycles. The standard InChI is InChI=1S/C23H27N3O3/c1-17-20(21-4-2-3-5-22(21)24-17)12-13-26(14-15-27)16-19-8-6-18(7-9-19)10-11-23(28)25-29/h2-11,24,27,29H,12-16H2,1H3,(H,25,28)/b11-10+. The Morgan fingerprint density at radius 1 is 1.14 bits per heavy atom. The van der Waals surface area contributed by atoms with Crippen LogP contribution in [0.5, 0.6) is 0 Å². The van der Waals surface area contributed by atoms with Gasteiger partial charge in [0.1, 0.15) is 0 Å². The second-order valence-electron chi connectivity index (χ2n) is 7.07. The number of aryl methyl sites for hydroxylation is 1. The van der Waals surface area contributed by atoms with Gasteiger partial charge in [0.2, 0.25) is 0 Å². The van der Waals surface area contributed by atoms with E-state index in [-0.39, 0.29) is 6.61 Å². The third-order valence-electron chi connectivity index (χ3n) is 5.04. The number of aliphatic hydroxyl groups is 1. The molecular weight excluding hydrogens is 366 g/mol. The van der Waals surface area contributed by atoms with Crippen LogP contribution in [0.25, 0.3) is 17.0 Å². The zero-order valence-corrected chi connectivity index (χ0v) is 16.6. The Kier molecular flexibility index (Phi) is 7.19. The van der Waals surface area contributed by atoms with Crippen molar-refractivity contribution in [3.05, 3.63) is 77.0 Å². The number of para-hydroxylation sites is 1. The number of aromatic amines is 1. The number of amides is 1. The van der Waals surface area contributed by atoms with E-state index in [2.05, 4.69) is 35.0 Å². The number of nitrogens with one attached hydrogen (secondary N) is 2. The molecule has 29 heavy (non-hydrogen) atoms. The summed E-state index contributed by atoms with van der Waals surface area (Å²) in [5, 5.41) is 19.3. The van der Waals surface area contributed by atoms with Crippen LogP contribution in [0.3, 0.4) is 0 Å². The Hall–Kier alpha value is -2.93. The Morgan fingerprint density at radius 3 is 2.62 bits per heavy atom. The van der Waals surface area contributed by atoms with E-state index in [0.717, 1.165) is 36.2 Å². The van der Waals surface area contributed by atoms with Crippen molar-refractivity contribution in [2.45, 2.75) is 19.9 Å². The van der Waals surface area contributed by atoms with Crippen LogP contribution in [0, 0.1) is 6.92 Å². The Labute approximate surface area is 170 Å². The highest BCUT2D eigenvalue weighted by atomic mass is 16.5. The molecule has 0 aliphatic carbocycles. The average Bonchev–Trinajstić information content (AvgIpc) is 3.06. The van der Waals surface area contributed by atoms with Crippen LogP contribution < -0.4 is 5.48 Å². The maximum absolute atomic E-state index is 11.1. The third-order valence-corrected chi connectivity index (χ3v) is 5.04. The third kappa shape index (κ3) is 5.54. The minimum Gasteiger partial charge on any atom is -0.395 e. The summed E-state index contributed by atoms with van der Waals surface area (Å²) in [6.07, 6.45) is 3.82. The number of H-pyrrole nitrogens is 1. The summed E-state index contributed by atoms with van der Waals surface area (Å²) in [4.78, 5) is 16.7. The number of carbonyl (C=O) groups excluding carboxylic acids is 1. The van der Waals surface area contributed by atoms with Gasteiger partial charge in [-0.3, -0.25) is 14.9 Å². The molecule has 2 aromatic carbocycles. The number of benzene rings is 2. The number of hydroxylamine groups is 1. The molecule has 1 aromatic heterocycles. The molecule has 0 aliphatic heterocycles. The van der Waals surface area contributed by atoms with E-state index in [1.807, 2.05) is 30.3 Å². The molecule has 0 saturated heterocycles. The molecule has 3 aromatic rings. The van der Waals surface area contributed by atoms with E-state index in [1.54, 1.807) is 11.6 Å². The number of aliphatic hydroxyl groups excluding tert-OH is 1. The van der Waals surface area contributed by atoms with E-state index >= 15 is 0 Å². The van der Waals surface area contributed by atoms with Gasteiger partial charge >= 0.3 is 0 Å². The van der Waals surface area contributed by atoms with Crippen LogP contribution in [0.4, 0.5) is 0 Å². The summed E-state index contributed by atoms with van der Waals surface area (Å²) in [7, 11) is 0. The van der Waals surface area contributed by atoms with Crippen molar-refractivity contribution < 1.29 is 15.1 Å². The SMILES string of the molecule is Cc1[nH]c2ccccc2c1CCN(CCO)Cc1ccc(/C=C/C(=O)NO)cc1. The summed E-state index contributed by atoms with van der Waals surface area (Å²) in [6, 6.07) is 16.2. The van der Waals surface area contributed by atoms with Gasteiger partial charge < -0.3 is 10.1 Å². The number of fused-ring (bicyclic) bond motifs is 1. The van der Waals surface area contributed by atoms with E-state index in [9.17, 15) is 9.90 Å². The van der Waals surface area contributed by atoms with Crippen molar-refractivity contribution in [3.63, 3.8) is 0 Å². The lowest BCUT2D eigenvalue weighted by Crippen LogP contribution is -2.28. The highest BCUT2D eigenvalue weighted by Gasteiger charge is 2.11. The first kappa shape index (κ1) is 20.8. The van der Waals surface area contributed by atoms with Crippen LogP contribution in [0.2, 0.25) is 0 Å². The first-order valence-corrected chi connectivity index (χ1v) is 9.71. The zero-order valence-electron chi connectivity index (χ0n) is 16.6. The van der Waals surface area contributed by atoms with Gasteiger partial charge in [0.15, 0.2) is 0 Å². The summed E-state index contributed by atoms with van der Waals surface area (Å²) in [5.74, 6) is -0.559. The fraction of sp³-hybridized carbons (Fsp3) is 0.261. The highest BCUT2D eigenvalue weighted by molar-refractivity contribution is 5.90. The van der Waals surface area contributed by atoms with Crippen LogP contribution in [0.1, 0.15) is 22.4 Å². The molecule has 6 nitrogen and oxygen atoms in total. The van der Waals surface area contributed by atoms with Crippen molar-refractivity contribution in [2.24, 2.45) is 0 Å². The Morgan fingerprint density at radius 2 is 1.90 bits per heavy atom. The zero-order chi connectivity index (χ0) is 20.6. The second-order valence-corrected chi connectivity index (χ2v) is 7.07. The molecule has 0 aliphatic rings. The van der Waals surface area contributed by atoms with Gasteiger partial charge in [0, 0.05) is 42.3 Å². The summed E-state index contributed by atoms with van der Waals surface area (Å²) >= 11 is 0. The molecule has 152 valence electrons. The maximum Gasteiger partial charge on any atom is 0.267 e. The largest absolute Gasteiger partial charge is 0.395 e. The fourth-order valence-electron chi connectivity index (χ4n) is 3.54. The quantitative estimate of drug-likeness (QED) is 0.256. The van der Waals surface area contributed by atoms with Crippen molar-refractivity contribution in [3.8, 4) is 0 Å². The molecule has 6 heteroatoms.